The molecule has 0 spiro atoms. The lowest BCUT2D eigenvalue weighted by atomic mass is 9.99. The Kier molecular flexibility index (Phi) is 4.21. The number of benzene rings is 1. The van der Waals surface area contributed by atoms with Gasteiger partial charge in [0.25, 0.3) is 0 Å². The summed E-state index contributed by atoms with van der Waals surface area (Å²) in [6, 6.07) is 6.90. The predicted molar refractivity (Wildman–Crippen MR) is 81.5 cm³/mol. The Morgan fingerprint density at radius 2 is 1.86 bits per heavy atom. The zero-order valence-electron chi connectivity index (χ0n) is 12.7. The molecule has 0 aliphatic heterocycles. The summed E-state index contributed by atoms with van der Waals surface area (Å²) in [6.45, 7) is 5.56. The molecule has 5 heteroatoms. The molecule has 21 heavy (non-hydrogen) atoms. The monoisotopic (exact) mass is 290 g/mol. The average molecular weight is 290 g/mol. The van der Waals surface area contributed by atoms with E-state index in [1.807, 2.05) is 32.9 Å². The van der Waals surface area contributed by atoms with Gasteiger partial charge in [-0.15, -0.1) is 0 Å². The number of aliphatic carboxylic acids is 1. The lowest BCUT2D eigenvalue weighted by Gasteiger charge is -2.30. The van der Waals surface area contributed by atoms with Crippen LogP contribution < -0.4 is 10.2 Å². The van der Waals surface area contributed by atoms with Crippen LogP contribution in [0.1, 0.15) is 32.3 Å². The van der Waals surface area contributed by atoms with Crippen molar-refractivity contribution < 1.29 is 14.7 Å². The minimum absolute atomic E-state index is 0.307. The van der Waals surface area contributed by atoms with Crippen LogP contribution in [0.4, 0.5) is 10.5 Å². The van der Waals surface area contributed by atoms with E-state index in [1.165, 1.54) is 4.90 Å². The Hall–Kier alpha value is -2.04. The second kappa shape index (κ2) is 5.76. The van der Waals surface area contributed by atoms with Crippen molar-refractivity contribution in [1.82, 2.24) is 5.32 Å². The lowest BCUT2D eigenvalue weighted by Crippen LogP contribution is -2.52. The first-order valence-corrected chi connectivity index (χ1v) is 7.18. The van der Waals surface area contributed by atoms with Gasteiger partial charge in [0.1, 0.15) is 6.54 Å². The van der Waals surface area contributed by atoms with Crippen molar-refractivity contribution in [2.45, 2.75) is 39.2 Å². The Labute approximate surface area is 125 Å². The molecule has 0 atom stereocenters. The molecule has 5 nitrogen and oxygen atoms in total. The van der Waals surface area contributed by atoms with Gasteiger partial charge in [-0.1, -0.05) is 17.7 Å². The maximum atomic E-state index is 12.5. The minimum atomic E-state index is -1.03. The number of anilines is 1. The highest BCUT2D eigenvalue weighted by Crippen LogP contribution is 2.39. The highest BCUT2D eigenvalue weighted by atomic mass is 16.4. The number of urea groups is 1. The van der Waals surface area contributed by atoms with Crippen LogP contribution >= 0.6 is 0 Å². The maximum Gasteiger partial charge on any atom is 0.323 e. The summed E-state index contributed by atoms with van der Waals surface area (Å²) in [5, 5.41) is 12.0. The molecule has 1 aliphatic rings. The van der Waals surface area contributed by atoms with E-state index in [-0.39, 0.29) is 18.1 Å². The average Bonchev–Trinajstić information content (AvgIpc) is 3.21. The summed E-state index contributed by atoms with van der Waals surface area (Å²) in [7, 11) is 0. The quantitative estimate of drug-likeness (QED) is 0.876. The van der Waals surface area contributed by atoms with Crippen molar-refractivity contribution >= 4 is 17.7 Å². The summed E-state index contributed by atoms with van der Waals surface area (Å²) >= 11 is 0. The number of aryl methyl sites for hydroxylation is 1. The number of hydrogen-bond acceptors (Lipinski definition) is 2. The van der Waals surface area contributed by atoms with E-state index in [0.29, 0.717) is 11.6 Å². The fourth-order valence-electron chi connectivity index (χ4n) is 2.39. The van der Waals surface area contributed by atoms with E-state index in [2.05, 4.69) is 5.32 Å². The molecule has 0 unspecified atom stereocenters. The predicted octanol–water partition coefficient (Wildman–Crippen LogP) is 2.78. The van der Waals surface area contributed by atoms with Crippen molar-refractivity contribution in [3.05, 3.63) is 29.8 Å². The Balaban J connectivity index is 2.16. The van der Waals surface area contributed by atoms with Gasteiger partial charge in [0.05, 0.1) is 0 Å². The highest BCUT2D eigenvalue weighted by molar-refractivity contribution is 5.96. The van der Waals surface area contributed by atoms with Crippen molar-refractivity contribution in [2.24, 2.45) is 5.92 Å². The topological polar surface area (TPSA) is 69.6 Å². The van der Waals surface area contributed by atoms with Crippen LogP contribution in [-0.2, 0) is 4.79 Å². The SMILES string of the molecule is Cc1ccc(N(CC(=O)O)C(=O)NC(C)(C)C2CC2)cc1. The van der Waals surface area contributed by atoms with Gasteiger partial charge in [-0.05, 0) is 51.7 Å². The smallest absolute Gasteiger partial charge is 0.323 e. The molecular formula is C16H22N2O3. The van der Waals surface area contributed by atoms with Gasteiger partial charge in [0, 0.05) is 11.2 Å². The van der Waals surface area contributed by atoms with Gasteiger partial charge in [0.2, 0.25) is 0 Å². The maximum absolute atomic E-state index is 12.5. The zero-order chi connectivity index (χ0) is 15.6. The first-order valence-electron chi connectivity index (χ1n) is 7.18. The molecule has 1 saturated carbocycles. The molecule has 1 aliphatic carbocycles. The van der Waals surface area contributed by atoms with E-state index >= 15 is 0 Å². The molecule has 0 heterocycles. The van der Waals surface area contributed by atoms with Crippen LogP contribution in [0.3, 0.4) is 0 Å². The number of rotatable bonds is 5. The van der Waals surface area contributed by atoms with Crippen LogP contribution in [0.2, 0.25) is 0 Å². The number of nitrogens with zero attached hydrogens (tertiary/aromatic N) is 1. The Morgan fingerprint density at radius 3 is 2.33 bits per heavy atom. The van der Waals surface area contributed by atoms with Crippen LogP contribution in [0.15, 0.2) is 24.3 Å². The zero-order valence-corrected chi connectivity index (χ0v) is 12.7. The first kappa shape index (κ1) is 15.4. The molecule has 1 aromatic carbocycles. The highest BCUT2D eigenvalue weighted by Gasteiger charge is 2.39. The molecule has 2 amide bonds. The summed E-state index contributed by atoms with van der Waals surface area (Å²) < 4.78 is 0. The fourth-order valence-corrected chi connectivity index (χ4v) is 2.39. The van der Waals surface area contributed by atoms with E-state index in [9.17, 15) is 9.59 Å². The molecule has 114 valence electrons. The molecule has 0 radical (unpaired) electrons. The van der Waals surface area contributed by atoms with Gasteiger partial charge in [-0.3, -0.25) is 9.69 Å². The Bertz CT molecular complexity index is 533. The van der Waals surface area contributed by atoms with E-state index in [4.69, 9.17) is 5.11 Å². The van der Waals surface area contributed by atoms with Crippen LogP contribution in [0.5, 0.6) is 0 Å². The van der Waals surface area contributed by atoms with Gasteiger partial charge >= 0.3 is 12.0 Å². The number of carbonyl (C=O) groups is 2. The van der Waals surface area contributed by atoms with Crippen LogP contribution in [-0.4, -0.2) is 29.2 Å². The lowest BCUT2D eigenvalue weighted by molar-refractivity contribution is -0.135. The van der Waals surface area contributed by atoms with Gasteiger partial charge in [-0.25, -0.2) is 4.79 Å². The number of carbonyl (C=O) groups excluding carboxylic acids is 1. The first-order chi connectivity index (χ1) is 9.79. The van der Waals surface area contributed by atoms with E-state index in [0.717, 1.165) is 18.4 Å². The Morgan fingerprint density at radius 1 is 1.29 bits per heavy atom. The van der Waals surface area contributed by atoms with Crippen molar-refractivity contribution in [2.75, 3.05) is 11.4 Å². The van der Waals surface area contributed by atoms with E-state index < -0.39 is 5.97 Å². The second-order valence-corrected chi connectivity index (χ2v) is 6.24. The van der Waals surface area contributed by atoms with E-state index in [1.54, 1.807) is 12.1 Å². The van der Waals surface area contributed by atoms with Gasteiger partial charge in [0.15, 0.2) is 0 Å². The summed E-state index contributed by atoms with van der Waals surface area (Å²) in [6.07, 6.45) is 2.22. The molecular weight excluding hydrogens is 268 g/mol. The molecule has 0 bridgehead atoms. The number of amides is 2. The normalized spacial score (nSPS) is 14.6. The van der Waals surface area contributed by atoms with Crippen molar-refractivity contribution in [3.8, 4) is 0 Å². The number of carboxylic acids is 1. The van der Waals surface area contributed by atoms with Crippen molar-refractivity contribution in [3.63, 3.8) is 0 Å². The fraction of sp³-hybridized carbons (Fsp3) is 0.500. The molecule has 0 aromatic heterocycles. The largest absolute Gasteiger partial charge is 0.480 e. The third-order valence-corrected chi connectivity index (χ3v) is 3.91. The molecule has 1 aromatic rings. The third-order valence-electron chi connectivity index (χ3n) is 3.91. The summed E-state index contributed by atoms with van der Waals surface area (Å²) in [4.78, 5) is 24.8. The number of nitrogens with one attached hydrogen (secondary N) is 1. The standard InChI is InChI=1S/C16H22N2O3/c1-11-4-8-13(9-5-11)18(10-14(19)20)15(21)17-16(2,3)12-6-7-12/h4-5,8-9,12H,6-7,10H2,1-3H3,(H,17,21)(H,19,20). The minimum Gasteiger partial charge on any atom is -0.480 e. The van der Waals surface area contributed by atoms with Crippen LogP contribution in [0, 0.1) is 12.8 Å². The number of carboxylic acid groups (broad SMARTS) is 1. The van der Waals surface area contributed by atoms with Crippen molar-refractivity contribution in [1.29, 1.82) is 0 Å². The summed E-state index contributed by atoms with van der Waals surface area (Å²) in [5.74, 6) is -0.555. The summed E-state index contributed by atoms with van der Waals surface area (Å²) in [5.41, 5.74) is 1.35. The number of hydrogen-bond donors (Lipinski definition) is 2. The second-order valence-electron chi connectivity index (χ2n) is 6.24. The molecule has 2 N–H and O–H groups in total. The molecule has 2 rings (SSSR count). The molecule has 0 saturated heterocycles. The van der Waals surface area contributed by atoms with Gasteiger partial charge in [-0.2, -0.15) is 0 Å². The van der Waals surface area contributed by atoms with Crippen LogP contribution in [0.25, 0.3) is 0 Å². The molecule has 1 fully saturated rings. The van der Waals surface area contributed by atoms with Gasteiger partial charge < -0.3 is 10.4 Å². The third kappa shape index (κ3) is 3.97.